The van der Waals surface area contributed by atoms with Crippen LogP contribution in [0.25, 0.3) is 11.3 Å². The van der Waals surface area contributed by atoms with Crippen molar-refractivity contribution in [3.05, 3.63) is 29.7 Å². The SMILES string of the molecule is COC(=O)c1nc(-c2ccc3c(c2)OCO3)c(C)[nH]1. The van der Waals surface area contributed by atoms with Gasteiger partial charge in [-0.15, -0.1) is 0 Å². The number of nitrogens with one attached hydrogen (secondary N) is 1. The van der Waals surface area contributed by atoms with Crippen LogP contribution in [-0.2, 0) is 4.74 Å². The minimum Gasteiger partial charge on any atom is -0.463 e. The van der Waals surface area contributed by atoms with E-state index in [1.54, 1.807) is 0 Å². The number of esters is 1. The van der Waals surface area contributed by atoms with Gasteiger partial charge >= 0.3 is 5.97 Å². The Labute approximate surface area is 109 Å². The molecule has 0 aliphatic carbocycles. The predicted molar refractivity (Wildman–Crippen MR) is 66.2 cm³/mol. The zero-order valence-electron chi connectivity index (χ0n) is 10.5. The van der Waals surface area contributed by atoms with Crippen molar-refractivity contribution in [3.8, 4) is 22.8 Å². The number of aromatic nitrogens is 2. The molecule has 0 spiro atoms. The Morgan fingerprint density at radius 1 is 1.37 bits per heavy atom. The number of H-pyrrole nitrogens is 1. The van der Waals surface area contributed by atoms with E-state index in [1.165, 1.54) is 7.11 Å². The van der Waals surface area contributed by atoms with Gasteiger partial charge in [-0.25, -0.2) is 9.78 Å². The van der Waals surface area contributed by atoms with Crippen LogP contribution in [0.5, 0.6) is 11.5 Å². The molecule has 0 amide bonds. The largest absolute Gasteiger partial charge is 0.463 e. The third-order valence-corrected chi connectivity index (χ3v) is 2.91. The highest BCUT2D eigenvalue weighted by Crippen LogP contribution is 2.36. The Bertz CT molecular complexity index is 648. The predicted octanol–water partition coefficient (Wildman–Crippen LogP) is 1.90. The Morgan fingerprint density at radius 2 is 2.16 bits per heavy atom. The normalized spacial score (nSPS) is 12.5. The summed E-state index contributed by atoms with van der Waals surface area (Å²) in [5.74, 6) is 1.09. The molecule has 0 atom stereocenters. The fourth-order valence-corrected chi connectivity index (χ4v) is 1.98. The van der Waals surface area contributed by atoms with Gasteiger partial charge in [-0.1, -0.05) is 0 Å². The number of carbonyl (C=O) groups is 1. The molecule has 6 heteroatoms. The first-order chi connectivity index (χ1) is 9.19. The molecule has 2 aromatic rings. The molecule has 3 rings (SSSR count). The van der Waals surface area contributed by atoms with Gasteiger partial charge in [0, 0.05) is 11.3 Å². The number of methoxy groups -OCH3 is 1. The summed E-state index contributed by atoms with van der Waals surface area (Å²) >= 11 is 0. The van der Waals surface area contributed by atoms with E-state index in [0.717, 1.165) is 11.3 Å². The molecule has 1 aliphatic rings. The number of imidazole rings is 1. The van der Waals surface area contributed by atoms with Gasteiger partial charge in [-0.3, -0.25) is 0 Å². The summed E-state index contributed by atoms with van der Waals surface area (Å²) in [6.45, 7) is 2.07. The third-order valence-electron chi connectivity index (χ3n) is 2.91. The standard InChI is InChI=1S/C13H12N2O4/c1-7-11(15-12(14-7)13(16)17-2)8-3-4-9-10(5-8)19-6-18-9/h3-5H,6H2,1-2H3,(H,14,15). The lowest BCUT2D eigenvalue weighted by Crippen LogP contribution is -2.03. The molecular weight excluding hydrogens is 248 g/mol. The van der Waals surface area contributed by atoms with Crippen LogP contribution in [0.3, 0.4) is 0 Å². The summed E-state index contributed by atoms with van der Waals surface area (Å²) in [5.41, 5.74) is 2.34. The van der Waals surface area contributed by atoms with Gasteiger partial charge in [0.2, 0.25) is 12.6 Å². The molecule has 1 aromatic heterocycles. The maximum atomic E-state index is 11.4. The first kappa shape index (κ1) is 11.6. The van der Waals surface area contributed by atoms with Crippen molar-refractivity contribution in [2.24, 2.45) is 0 Å². The van der Waals surface area contributed by atoms with E-state index in [0.29, 0.717) is 17.2 Å². The van der Waals surface area contributed by atoms with Crippen LogP contribution < -0.4 is 9.47 Å². The Balaban J connectivity index is 2.02. The van der Waals surface area contributed by atoms with Crippen LogP contribution in [0.15, 0.2) is 18.2 Å². The van der Waals surface area contributed by atoms with Crippen LogP contribution in [0.2, 0.25) is 0 Å². The van der Waals surface area contributed by atoms with E-state index in [2.05, 4.69) is 14.7 Å². The highest BCUT2D eigenvalue weighted by Gasteiger charge is 2.18. The average molecular weight is 260 g/mol. The van der Waals surface area contributed by atoms with Gasteiger partial charge in [-0.2, -0.15) is 0 Å². The number of hydrogen-bond acceptors (Lipinski definition) is 5. The monoisotopic (exact) mass is 260 g/mol. The number of ether oxygens (including phenoxy) is 3. The molecule has 0 unspecified atom stereocenters. The number of carbonyl (C=O) groups excluding carboxylic acids is 1. The number of aromatic amines is 1. The highest BCUT2D eigenvalue weighted by molar-refractivity contribution is 5.86. The topological polar surface area (TPSA) is 73.4 Å². The Hall–Kier alpha value is -2.50. The molecule has 98 valence electrons. The number of hydrogen-bond donors (Lipinski definition) is 1. The number of aryl methyl sites for hydroxylation is 1. The van der Waals surface area contributed by atoms with Crippen LogP contribution in [0.1, 0.15) is 16.3 Å². The second kappa shape index (κ2) is 4.31. The van der Waals surface area contributed by atoms with E-state index in [-0.39, 0.29) is 12.6 Å². The lowest BCUT2D eigenvalue weighted by molar-refractivity contribution is 0.0588. The molecule has 1 aromatic carbocycles. The maximum absolute atomic E-state index is 11.4. The minimum absolute atomic E-state index is 0.188. The minimum atomic E-state index is -0.491. The second-order valence-electron chi connectivity index (χ2n) is 4.12. The summed E-state index contributed by atoms with van der Waals surface area (Å²) in [6.07, 6.45) is 0. The van der Waals surface area contributed by atoms with E-state index in [1.807, 2.05) is 25.1 Å². The summed E-state index contributed by atoms with van der Waals surface area (Å²) in [7, 11) is 1.32. The summed E-state index contributed by atoms with van der Waals surface area (Å²) < 4.78 is 15.2. The van der Waals surface area contributed by atoms with E-state index < -0.39 is 5.97 Å². The molecule has 0 saturated carbocycles. The van der Waals surface area contributed by atoms with E-state index >= 15 is 0 Å². The van der Waals surface area contributed by atoms with Crippen molar-refractivity contribution >= 4 is 5.97 Å². The lowest BCUT2D eigenvalue weighted by Gasteiger charge is -2.00. The van der Waals surface area contributed by atoms with Crippen LogP contribution in [0, 0.1) is 6.92 Å². The van der Waals surface area contributed by atoms with Gasteiger partial charge < -0.3 is 19.2 Å². The van der Waals surface area contributed by atoms with Crippen LogP contribution >= 0.6 is 0 Å². The van der Waals surface area contributed by atoms with Gasteiger partial charge in [0.1, 0.15) is 0 Å². The summed E-state index contributed by atoms with van der Waals surface area (Å²) in [4.78, 5) is 18.6. The second-order valence-corrected chi connectivity index (χ2v) is 4.12. The van der Waals surface area contributed by atoms with Gasteiger partial charge in [0.05, 0.1) is 12.8 Å². The lowest BCUT2D eigenvalue weighted by atomic mass is 10.1. The fourth-order valence-electron chi connectivity index (χ4n) is 1.98. The zero-order chi connectivity index (χ0) is 13.4. The van der Waals surface area contributed by atoms with E-state index in [4.69, 9.17) is 9.47 Å². The van der Waals surface area contributed by atoms with Crippen molar-refractivity contribution in [1.82, 2.24) is 9.97 Å². The molecule has 19 heavy (non-hydrogen) atoms. The highest BCUT2D eigenvalue weighted by atomic mass is 16.7. The van der Waals surface area contributed by atoms with E-state index in [9.17, 15) is 4.79 Å². The number of benzene rings is 1. The summed E-state index contributed by atoms with van der Waals surface area (Å²) in [6, 6.07) is 5.54. The molecule has 2 heterocycles. The smallest absolute Gasteiger partial charge is 0.374 e. The van der Waals surface area contributed by atoms with Crippen molar-refractivity contribution in [2.75, 3.05) is 13.9 Å². The Kier molecular flexibility index (Phi) is 2.63. The van der Waals surface area contributed by atoms with Gasteiger partial charge in [-0.05, 0) is 25.1 Å². The first-order valence-electron chi connectivity index (χ1n) is 5.74. The first-order valence-corrected chi connectivity index (χ1v) is 5.74. The average Bonchev–Trinajstić information content (AvgIpc) is 3.03. The third kappa shape index (κ3) is 1.91. The maximum Gasteiger partial charge on any atom is 0.374 e. The fraction of sp³-hybridized carbons (Fsp3) is 0.231. The Morgan fingerprint density at radius 3 is 2.95 bits per heavy atom. The zero-order valence-corrected chi connectivity index (χ0v) is 10.5. The molecular formula is C13H12N2O4. The molecule has 0 bridgehead atoms. The van der Waals surface area contributed by atoms with Crippen LogP contribution in [-0.4, -0.2) is 29.8 Å². The van der Waals surface area contributed by atoms with Gasteiger partial charge in [0.25, 0.3) is 0 Å². The number of nitrogens with zero attached hydrogens (tertiary/aromatic N) is 1. The van der Waals surface area contributed by atoms with Crippen molar-refractivity contribution in [3.63, 3.8) is 0 Å². The molecule has 0 fully saturated rings. The molecule has 1 aliphatic heterocycles. The molecule has 1 N–H and O–H groups in total. The van der Waals surface area contributed by atoms with Crippen molar-refractivity contribution < 1.29 is 19.0 Å². The molecule has 6 nitrogen and oxygen atoms in total. The van der Waals surface area contributed by atoms with Gasteiger partial charge in [0.15, 0.2) is 11.5 Å². The van der Waals surface area contributed by atoms with Crippen molar-refractivity contribution in [1.29, 1.82) is 0 Å². The molecule has 0 radical (unpaired) electrons. The number of fused-ring (bicyclic) bond motifs is 1. The van der Waals surface area contributed by atoms with Crippen molar-refractivity contribution in [2.45, 2.75) is 6.92 Å². The summed E-state index contributed by atoms with van der Waals surface area (Å²) in [5, 5.41) is 0. The number of rotatable bonds is 2. The molecule has 0 saturated heterocycles. The quantitative estimate of drug-likeness (QED) is 0.835. The van der Waals surface area contributed by atoms with Crippen LogP contribution in [0.4, 0.5) is 0 Å².